The predicted molar refractivity (Wildman–Crippen MR) is 102 cm³/mol. The highest BCUT2D eigenvalue weighted by Gasteiger charge is 2.40. The Morgan fingerprint density at radius 2 is 2.17 bits per heavy atom. The Morgan fingerprint density at radius 1 is 1.46 bits per heavy atom. The molecule has 2 atom stereocenters. The number of aromatic hydroxyl groups is 1. The molecule has 0 heterocycles. The summed E-state index contributed by atoms with van der Waals surface area (Å²) in [6.45, 7) is 6.55. The summed E-state index contributed by atoms with van der Waals surface area (Å²) in [6, 6.07) is 5.61. The van der Waals surface area contributed by atoms with Gasteiger partial charge in [-0.05, 0) is 48.8 Å². The van der Waals surface area contributed by atoms with Gasteiger partial charge in [-0.2, -0.15) is 11.8 Å². The van der Waals surface area contributed by atoms with Crippen molar-refractivity contribution in [2.45, 2.75) is 56.7 Å². The first kappa shape index (κ1) is 21.1. The number of ether oxygens (including phenoxy) is 1. The molecule has 136 valence electrons. The van der Waals surface area contributed by atoms with Crippen molar-refractivity contribution in [1.29, 1.82) is 0 Å². The van der Waals surface area contributed by atoms with Gasteiger partial charge in [0.15, 0.2) is 0 Å². The van der Waals surface area contributed by atoms with Crippen LogP contribution in [-0.4, -0.2) is 34.7 Å². The van der Waals surface area contributed by atoms with Crippen molar-refractivity contribution < 1.29 is 14.6 Å². The first-order valence-corrected chi connectivity index (χ1v) is 9.26. The molecule has 3 N–H and O–H groups in total. The predicted octanol–water partition coefficient (Wildman–Crippen LogP) is 3.42. The molecular weight excluding hydrogens is 346 g/mol. The molecule has 0 aliphatic heterocycles. The molecule has 0 bridgehead atoms. The largest absolute Gasteiger partial charge is 0.508 e. The summed E-state index contributed by atoms with van der Waals surface area (Å²) in [5, 5.41) is 10.1. The van der Waals surface area contributed by atoms with Gasteiger partial charge in [0, 0.05) is 23.1 Å². The molecule has 0 aromatic heterocycles. The van der Waals surface area contributed by atoms with E-state index in [0.29, 0.717) is 24.0 Å². The molecule has 0 fully saturated rings. The number of thioether (sulfide) groups is 1. The summed E-state index contributed by atoms with van der Waals surface area (Å²) in [5.41, 5.74) is 8.75. The monoisotopic (exact) mass is 373 g/mol. The molecule has 24 heavy (non-hydrogen) atoms. The number of esters is 1. The number of fused-ring (bicyclic) bond motifs is 1. The average molecular weight is 374 g/mol. The van der Waals surface area contributed by atoms with Crippen LogP contribution in [0.1, 0.15) is 44.7 Å². The van der Waals surface area contributed by atoms with E-state index in [9.17, 15) is 9.90 Å². The molecule has 6 heteroatoms. The highest BCUT2D eigenvalue weighted by Crippen LogP contribution is 2.41. The van der Waals surface area contributed by atoms with Crippen LogP contribution in [0.15, 0.2) is 18.2 Å². The fraction of sp³-hybridized carbons (Fsp3) is 0.611. The maximum Gasteiger partial charge on any atom is 0.305 e. The molecule has 0 saturated carbocycles. The van der Waals surface area contributed by atoms with E-state index in [2.05, 4.69) is 13.8 Å². The van der Waals surface area contributed by atoms with Crippen LogP contribution in [0.25, 0.3) is 0 Å². The van der Waals surface area contributed by atoms with Crippen LogP contribution < -0.4 is 5.73 Å². The van der Waals surface area contributed by atoms with Crippen molar-refractivity contribution in [3.63, 3.8) is 0 Å². The molecule has 0 amide bonds. The molecule has 1 aliphatic carbocycles. The summed E-state index contributed by atoms with van der Waals surface area (Å²) >= 11 is 1.84. The fourth-order valence-electron chi connectivity index (χ4n) is 3.18. The van der Waals surface area contributed by atoms with E-state index < -0.39 is 0 Å². The Morgan fingerprint density at radius 3 is 2.83 bits per heavy atom. The quantitative estimate of drug-likeness (QED) is 0.590. The SMILES string of the molecule is CCOC(=O)CCCS[C@H]1Cc2ccc(O)cc2C(C)(C)[C@@H]1N.Cl. The number of carbonyl (C=O) groups excluding carboxylic acids is 1. The first-order chi connectivity index (χ1) is 10.9. The van der Waals surface area contributed by atoms with Gasteiger partial charge in [0.25, 0.3) is 0 Å². The minimum Gasteiger partial charge on any atom is -0.508 e. The van der Waals surface area contributed by atoms with Crippen LogP contribution in [0, 0.1) is 0 Å². The summed E-state index contributed by atoms with van der Waals surface area (Å²) in [6.07, 6.45) is 2.19. The Bertz CT molecular complexity index is 565. The zero-order chi connectivity index (χ0) is 17.0. The molecule has 1 aliphatic rings. The second-order valence-electron chi connectivity index (χ2n) is 6.61. The van der Waals surface area contributed by atoms with E-state index >= 15 is 0 Å². The zero-order valence-corrected chi connectivity index (χ0v) is 16.2. The van der Waals surface area contributed by atoms with Crippen LogP contribution in [0.5, 0.6) is 5.75 Å². The summed E-state index contributed by atoms with van der Waals surface area (Å²) in [4.78, 5) is 11.4. The number of halogens is 1. The highest BCUT2D eigenvalue weighted by atomic mass is 35.5. The lowest BCUT2D eigenvalue weighted by molar-refractivity contribution is -0.143. The second-order valence-corrected chi connectivity index (χ2v) is 7.96. The number of carbonyl (C=O) groups is 1. The summed E-state index contributed by atoms with van der Waals surface area (Å²) in [7, 11) is 0. The Hall–Kier alpha value is -0.910. The molecule has 2 rings (SSSR count). The maximum atomic E-state index is 11.4. The third-order valence-electron chi connectivity index (χ3n) is 4.61. The number of hydrogen-bond acceptors (Lipinski definition) is 5. The lowest BCUT2D eigenvalue weighted by Crippen LogP contribution is -2.52. The highest BCUT2D eigenvalue weighted by molar-refractivity contribution is 7.99. The van der Waals surface area contributed by atoms with Gasteiger partial charge < -0.3 is 15.6 Å². The van der Waals surface area contributed by atoms with Gasteiger partial charge in [0.2, 0.25) is 0 Å². The van der Waals surface area contributed by atoms with Gasteiger partial charge in [-0.15, -0.1) is 12.4 Å². The van der Waals surface area contributed by atoms with E-state index in [-0.39, 0.29) is 29.8 Å². The van der Waals surface area contributed by atoms with Crippen LogP contribution in [-0.2, 0) is 21.4 Å². The molecule has 0 unspecified atom stereocenters. The average Bonchev–Trinajstić information content (AvgIpc) is 2.50. The van der Waals surface area contributed by atoms with Gasteiger partial charge in [-0.1, -0.05) is 19.9 Å². The Kier molecular flexibility index (Phi) is 7.90. The number of rotatable bonds is 6. The third kappa shape index (κ3) is 4.80. The number of phenols is 1. The molecule has 0 saturated heterocycles. The van der Waals surface area contributed by atoms with E-state index in [4.69, 9.17) is 10.5 Å². The third-order valence-corrected chi connectivity index (χ3v) is 6.02. The molecule has 0 radical (unpaired) electrons. The van der Waals surface area contributed by atoms with Crippen LogP contribution >= 0.6 is 24.2 Å². The molecule has 0 spiro atoms. The lowest BCUT2D eigenvalue weighted by Gasteiger charge is -2.43. The van der Waals surface area contributed by atoms with E-state index in [1.807, 2.05) is 30.8 Å². The summed E-state index contributed by atoms with van der Waals surface area (Å²) < 4.78 is 4.95. The molecule has 1 aromatic rings. The van der Waals surface area contributed by atoms with E-state index in [1.54, 1.807) is 6.07 Å². The smallest absolute Gasteiger partial charge is 0.305 e. The van der Waals surface area contributed by atoms with Gasteiger partial charge >= 0.3 is 5.97 Å². The number of benzene rings is 1. The van der Waals surface area contributed by atoms with Crippen molar-refractivity contribution in [2.24, 2.45) is 5.73 Å². The number of nitrogens with two attached hydrogens (primary N) is 1. The van der Waals surface area contributed by atoms with Crippen molar-refractivity contribution >= 4 is 30.1 Å². The first-order valence-electron chi connectivity index (χ1n) is 8.21. The molecule has 4 nitrogen and oxygen atoms in total. The summed E-state index contributed by atoms with van der Waals surface area (Å²) in [5.74, 6) is 1.08. The lowest BCUT2D eigenvalue weighted by atomic mass is 9.69. The van der Waals surface area contributed by atoms with Crippen molar-refractivity contribution in [2.75, 3.05) is 12.4 Å². The van der Waals surface area contributed by atoms with Crippen molar-refractivity contribution in [3.05, 3.63) is 29.3 Å². The second kappa shape index (κ2) is 8.97. The van der Waals surface area contributed by atoms with Gasteiger partial charge in [-0.25, -0.2) is 0 Å². The van der Waals surface area contributed by atoms with Crippen LogP contribution in [0.4, 0.5) is 0 Å². The zero-order valence-electron chi connectivity index (χ0n) is 14.6. The molecule has 1 aromatic carbocycles. The number of hydrogen-bond donors (Lipinski definition) is 2. The van der Waals surface area contributed by atoms with Crippen molar-refractivity contribution in [3.8, 4) is 5.75 Å². The topological polar surface area (TPSA) is 72.5 Å². The van der Waals surface area contributed by atoms with Crippen LogP contribution in [0.2, 0.25) is 0 Å². The van der Waals surface area contributed by atoms with Crippen LogP contribution in [0.3, 0.4) is 0 Å². The maximum absolute atomic E-state index is 11.4. The fourth-order valence-corrected chi connectivity index (χ4v) is 4.64. The minimum atomic E-state index is -0.175. The van der Waals surface area contributed by atoms with E-state index in [1.165, 1.54) is 5.56 Å². The van der Waals surface area contributed by atoms with Crippen molar-refractivity contribution in [1.82, 2.24) is 0 Å². The number of phenolic OH excluding ortho intramolecular Hbond substituents is 1. The van der Waals surface area contributed by atoms with Gasteiger partial charge in [0.1, 0.15) is 5.75 Å². The minimum absolute atomic E-state index is 0. The Labute approximate surface area is 154 Å². The standard InChI is InChI=1S/C18H27NO3S.ClH/c1-4-22-16(21)6-5-9-23-15-10-12-7-8-13(20)11-14(12)18(2,3)17(15)19;/h7-8,11,15,17,20H,4-6,9-10,19H2,1-3H3;1H/t15-,17+;/m0./s1. The normalized spacial score (nSPS) is 21.5. The van der Waals surface area contributed by atoms with E-state index in [0.717, 1.165) is 24.2 Å². The van der Waals surface area contributed by atoms with Gasteiger partial charge in [0.05, 0.1) is 6.61 Å². The molecular formula is C18H28ClNO3S. The van der Waals surface area contributed by atoms with Gasteiger partial charge in [-0.3, -0.25) is 4.79 Å². The Balaban J connectivity index is 0.00000288.